The molecule has 1 amide bonds. The number of aromatic nitrogens is 4. The van der Waals surface area contributed by atoms with E-state index < -0.39 is 5.41 Å². The van der Waals surface area contributed by atoms with E-state index in [1.165, 1.54) is 0 Å². The topological polar surface area (TPSA) is 95.4 Å². The van der Waals surface area contributed by atoms with Gasteiger partial charge in [-0.25, -0.2) is 4.98 Å². The van der Waals surface area contributed by atoms with Crippen LogP contribution >= 0.6 is 23.1 Å². The largest absolute Gasteiger partial charge is 0.381 e. The van der Waals surface area contributed by atoms with Gasteiger partial charge in [-0.2, -0.15) is 0 Å². The first-order valence-corrected chi connectivity index (χ1v) is 12.7. The van der Waals surface area contributed by atoms with Gasteiger partial charge in [0.15, 0.2) is 16.5 Å². The molecule has 0 saturated carbocycles. The Hall–Kier alpha value is -3.27. The summed E-state index contributed by atoms with van der Waals surface area (Å²) in [6, 6.07) is 18.6. The van der Waals surface area contributed by atoms with Gasteiger partial charge < -0.3 is 10.5 Å². The number of nitrogens with zero attached hydrogens (tertiary/aromatic N) is 4. The van der Waals surface area contributed by atoms with Gasteiger partial charge in [0.2, 0.25) is 5.91 Å². The highest BCUT2D eigenvalue weighted by molar-refractivity contribution is 7.99. The lowest BCUT2D eigenvalue weighted by Gasteiger charge is -2.34. The minimum Gasteiger partial charge on any atom is -0.381 e. The molecule has 9 heteroatoms. The van der Waals surface area contributed by atoms with Crippen molar-refractivity contribution in [3.05, 3.63) is 71.7 Å². The number of rotatable bonds is 5. The highest BCUT2D eigenvalue weighted by atomic mass is 32.2. The Kier molecular flexibility index (Phi) is 5.32. The van der Waals surface area contributed by atoms with Crippen molar-refractivity contribution < 1.29 is 9.53 Å². The summed E-state index contributed by atoms with van der Waals surface area (Å²) in [5.41, 5.74) is 7.99. The van der Waals surface area contributed by atoms with Gasteiger partial charge in [0.1, 0.15) is 0 Å². The minimum atomic E-state index is -0.662. The summed E-state index contributed by atoms with van der Waals surface area (Å²) < 4.78 is 7.54. The molecule has 1 fully saturated rings. The molecule has 1 saturated heterocycles. The number of hydrogen-bond donors (Lipinski definition) is 1. The fraction of sp³-hybridized carbons (Fsp3) is 0.200. The van der Waals surface area contributed by atoms with Crippen LogP contribution in [0, 0.1) is 0 Å². The summed E-state index contributed by atoms with van der Waals surface area (Å²) in [5.74, 6) is 0.467. The van der Waals surface area contributed by atoms with Crippen LogP contribution < -0.4 is 5.73 Å². The van der Waals surface area contributed by atoms with E-state index in [0.717, 1.165) is 42.7 Å². The van der Waals surface area contributed by atoms with Gasteiger partial charge in [-0.15, -0.1) is 21.5 Å². The molecule has 170 valence electrons. The van der Waals surface area contributed by atoms with Crippen molar-refractivity contribution in [2.75, 3.05) is 13.2 Å². The lowest BCUT2D eigenvalue weighted by atomic mass is 9.73. The number of carbonyl (C=O) groups excluding carboxylic acids is 1. The molecule has 6 rings (SSSR count). The zero-order valence-corrected chi connectivity index (χ0v) is 19.8. The molecule has 0 bridgehead atoms. The van der Waals surface area contributed by atoms with E-state index in [4.69, 9.17) is 10.5 Å². The fourth-order valence-corrected chi connectivity index (χ4v) is 6.14. The van der Waals surface area contributed by atoms with E-state index in [2.05, 4.69) is 51.6 Å². The van der Waals surface area contributed by atoms with Crippen molar-refractivity contribution in [2.24, 2.45) is 5.73 Å². The normalized spacial score (nSPS) is 15.6. The molecule has 0 aliphatic carbocycles. The molecule has 1 aliphatic heterocycles. The summed E-state index contributed by atoms with van der Waals surface area (Å²) in [7, 11) is 0. The van der Waals surface area contributed by atoms with Crippen LogP contribution in [0.3, 0.4) is 0 Å². The summed E-state index contributed by atoms with van der Waals surface area (Å²) >= 11 is 3.21. The third kappa shape index (κ3) is 3.56. The molecule has 2 N–H and O–H groups in total. The monoisotopic (exact) mass is 487 g/mol. The molecular weight excluding hydrogens is 466 g/mol. The number of thiazole rings is 1. The Bertz CT molecular complexity index is 1510. The number of carbonyl (C=O) groups is 1. The lowest BCUT2D eigenvalue weighted by molar-refractivity contribution is -0.127. The molecule has 34 heavy (non-hydrogen) atoms. The molecule has 1 aliphatic rings. The maximum atomic E-state index is 12.4. The predicted molar refractivity (Wildman–Crippen MR) is 133 cm³/mol. The van der Waals surface area contributed by atoms with E-state index in [1.807, 2.05) is 28.0 Å². The van der Waals surface area contributed by atoms with Gasteiger partial charge >= 0.3 is 0 Å². The second-order valence-electron chi connectivity index (χ2n) is 8.30. The van der Waals surface area contributed by atoms with Crippen molar-refractivity contribution in [1.82, 2.24) is 19.6 Å². The Labute approximate surface area is 204 Å². The number of pyridine rings is 1. The minimum absolute atomic E-state index is 0.280. The molecule has 3 aromatic heterocycles. The third-order valence-electron chi connectivity index (χ3n) is 6.40. The SMILES string of the molecule is NC(=O)C1(c2cccc(Sc3ccc4c(ccc5nnc(-c6nccs6)n54)c3)c2)CCOCC1. The van der Waals surface area contributed by atoms with Crippen molar-refractivity contribution in [1.29, 1.82) is 0 Å². The Morgan fingerprint density at radius 2 is 1.91 bits per heavy atom. The average Bonchev–Trinajstić information content (AvgIpc) is 3.54. The van der Waals surface area contributed by atoms with Gasteiger partial charge in [-0.05, 0) is 66.3 Å². The van der Waals surface area contributed by atoms with E-state index in [0.29, 0.717) is 26.1 Å². The second kappa shape index (κ2) is 8.50. The maximum absolute atomic E-state index is 12.4. The van der Waals surface area contributed by atoms with E-state index in [1.54, 1.807) is 29.3 Å². The quantitative estimate of drug-likeness (QED) is 0.386. The van der Waals surface area contributed by atoms with Crippen LogP contribution in [0.2, 0.25) is 0 Å². The lowest BCUT2D eigenvalue weighted by Crippen LogP contribution is -2.45. The van der Waals surface area contributed by atoms with Crippen LogP contribution in [0.15, 0.2) is 76.0 Å². The van der Waals surface area contributed by atoms with Crippen molar-refractivity contribution in [3.63, 3.8) is 0 Å². The average molecular weight is 488 g/mol. The molecule has 0 unspecified atom stereocenters. The van der Waals surface area contributed by atoms with Gasteiger partial charge in [-0.3, -0.25) is 9.20 Å². The number of primary amides is 1. The van der Waals surface area contributed by atoms with E-state index in [9.17, 15) is 4.79 Å². The summed E-state index contributed by atoms with van der Waals surface area (Å²) in [6.45, 7) is 1.09. The standard InChI is InChI=1S/C25H21N5O2S2/c26-24(31)25(8-11-32-12-9-25)17-2-1-3-18(15-17)34-19-5-6-20-16(14-19)4-7-21-28-29-22(30(20)21)23-27-10-13-33-23/h1-7,10,13-15H,8-9,11-12H2,(H2,26,31). The second-order valence-corrected chi connectivity index (χ2v) is 10.3. The van der Waals surface area contributed by atoms with Crippen molar-refractivity contribution in [3.8, 4) is 10.8 Å². The first-order valence-electron chi connectivity index (χ1n) is 11.0. The van der Waals surface area contributed by atoms with Crippen molar-refractivity contribution in [2.45, 2.75) is 28.0 Å². The van der Waals surface area contributed by atoms with Gasteiger partial charge in [0.25, 0.3) is 0 Å². The van der Waals surface area contributed by atoms with Crippen LogP contribution in [0.1, 0.15) is 18.4 Å². The summed E-state index contributed by atoms with van der Waals surface area (Å²) in [5, 5.41) is 12.5. The molecule has 0 radical (unpaired) electrons. The number of ether oxygens (including phenoxy) is 1. The highest BCUT2D eigenvalue weighted by Gasteiger charge is 2.40. The first kappa shape index (κ1) is 21.3. The first-order chi connectivity index (χ1) is 16.6. The Balaban J connectivity index is 1.36. The maximum Gasteiger partial charge on any atom is 0.228 e. The van der Waals surface area contributed by atoms with Crippen molar-refractivity contribution >= 4 is 45.6 Å². The van der Waals surface area contributed by atoms with Gasteiger partial charge in [0.05, 0.1) is 10.9 Å². The number of fused-ring (bicyclic) bond motifs is 3. The third-order valence-corrected chi connectivity index (χ3v) is 8.15. The zero-order chi connectivity index (χ0) is 23.1. The summed E-state index contributed by atoms with van der Waals surface area (Å²) in [6.07, 6.45) is 3.00. The van der Waals surface area contributed by atoms with E-state index in [-0.39, 0.29) is 5.91 Å². The molecular formula is C25H21N5O2S2. The number of nitrogens with two attached hydrogens (primary N) is 1. The van der Waals surface area contributed by atoms with Crippen LogP contribution in [0.25, 0.3) is 27.4 Å². The van der Waals surface area contributed by atoms with E-state index >= 15 is 0 Å². The van der Waals surface area contributed by atoms with Crippen LogP contribution in [0.5, 0.6) is 0 Å². The Morgan fingerprint density at radius 3 is 2.71 bits per heavy atom. The molecule has 7 nitrogen and oxygen atoms in total. The smallest absolute Gasteiger partial charge is 0.228 e. The van der Waals surface area contributed by atoms with Gasteiger partial charge in [-0.1, -0.05) is 23.9 Å². The molecule has 4 heterocycles. The summed E-state index contributed by atoms with van der Waals surface area (Å²) in [4.78, 5) is 19.0. The molecule has 0 spiro atoms. The molecule has 2 aromatic carbocycles. The molecule has 0 atom stereocenters. The highest BCUT2D eigenvalue weighted by Crippen LogP contribution is 2.38. The van der Waals surface area contributed by atoms with Crippen LogP contribution in [0.4, 0.5) is 0 Å². The zero-order valence-electron chi connectivity index (χ0n) is 18.2. The molecule has 5 aromatic rings. The number of benzene rings is 2. The van der Waals surface area contributed by atoms with Gasteiger partial charge in [0, 0.05) is 34.6 Å². The Morgan fingerprint density at radius 1 is 1.06 bits per heavy atom. The number of hydrogen-bond acceptors (Lipinski definition) is 7. The van der Waals surface area contributed by atoms with Crippen LogP contribution in [-0.4, -0.2) is 38.7 Å². The fourth-order valence-electron chi connectivity index (χ4n) is 4.60. The predicted octanol–water partition coefficient (Wildman–Crippen LogP) is 4.69. The van der Waals surface area contributed by atoms with Crippen LogP contribution in [-0.2, 0) is 14.9 Å². The number of amides is 1.